The third-order valence-electron chi connectivity index (χ3n) is 5.48. The van der Waals surface area contributed by atoms with Gasteiger partial charge in [0.25, 0.3) is 5.56 Å². The molecule has 0 atom stereocenters. The molecular weight excluding hydrogens is 445 g/mol. The highest BCUT2D eigenvalue weighted by molar-refractivity contribution is 5.91. The van der Waals surface area contributed by atoms with Crippen LogP contribution >= 0.6 is 0 Å². The molecule has 35 heavy (non-hydrogen) atoms. The van der Waals surface area contributed by atoms with E-state index in [2.05, 4.69) is 21.1 Å². The molecular formula is C27H18FN5O2. The summed E-state index contributed by atoms with van der Waals surface area (Å²) >= 11 is 0. The Kier molecular flexibility index (Phi) is 5.65. The molecule has 7 nitrogen and oxygen atoms in total. The van der Waals surface area contributed by atoms with Gasteiger partial charge in [-0.3, -0.25) is 4.79 Å². The van der Waals surface area contributed by atoms with E-state index in [0.29, 0.717) is 27.7 Å². The van der Waals surface area contributed by atoms with Crippen LogP contribution < -0.4 is 10.3 Å². The fourth-order valence-corrected chi connectivity index (χ4v) is 3.77. The maximum Gasteiger partial charge on any atom is 0.259 e. The van der Waals surface area contributed by atoms with Crippen LogP contribution in [0.15, 0.2) is 83.8 Å². The number of H-pyrrole nitrogens is 1. The number of nitrogens with zero attached hydrogens (tertiary/aromatic N) is 4. The Balaban J connectivity index is 1.69. The van der Waals surface area contributed by atoms with E-state index in [9.17, 15) is 14.4 Å². The summed E-state index contributed by atoms with van der Waals surface area (Å²) in [6.45, 7) is 0. The summed E-state index contributed by atoms with van der Waals surface area (Å²) in [7, 11) is 1.40. The smallest absolute Gasteiger partial charge is 0.259 e. The zero-order valence-electron chi connectivity index (χ0n) is 18.6. The van der Waals surface area contributed by atoms with Gasteiger partial charge < -0.3 is 9.72 Å². The monoisotopic (exact) mass is 463 g/mol. The molecule has 5 rings (SSSR count). The van der Waals surface area contributed by atoms with E-state index < -0.39 is 5.82 Å². The van der Waals surface area contributed by atoms with Crippen LogP contribution in [-0.2, 0) is 0 Å². The van der Waals surface area contributed by atoms with E-state index >= 15 is 0 Å². The van der Waals surface area contributed by atoms with Crippen molar-refractivity contribution in [1.82, 2.24) is 19.7 Å². The Morgan fingerprint density at radius 2 is 1.89 bits per heavy atom. The molecule has 0 aliphatic carbocycles. The predicted octanol–water partition coefficient (Wildman–Crippen LogP) is 4.99. The highest BCUT2D eigenvalue weighted by Crippen LogP contribution is 2.30. The summed E-state index contributed by atoms with van der Waals surface area (Å²) < 4.78 is 21.2. The molecule has 0 radical (unpaired) electrons. The fourth-order valence-electron chi connectivity index (χ4n) is 3.77. The minimum absolute atomic E-state index is 0.115. The highest BCUT2D eigenvalue weighted by atomic mass is 19.1. The maximum absolute atomic E-state index is 14.5. The van der Waals surface area contributed by atoms with Gasteiger partial charge in [0.15, 0.2) is 17.4 Å². The number of benzene rings is 3. The van der Waals surface area contributed by atoms with Gasteiger partial charge in [0.05, 0.1) is 29.3 Å². The summed E-state index contributed by atoms with van der Waals surface area (Å²) in [4.78, 5) is 19.7. The minimum Gasteiger partial charge on any atom is -0.494 e. The Morgan fingerprint density at radius 1 is 1.11 bits per heavy atom. The number of methoxy groups -OCH3 is 1. The average Bonchev–Trinajstić information content (AvgIpc) is 3.31. The van der Waals surface area contributed by atoms with E-state index in [-0.39, 0.29) is 22.7 Å². The Morgan fingerprint density at radius 3 is 2.63 bits per heavy atom. The summed E-state index contributed by atoms with van der Waals surface area (Å²) in [5, 5.41) is 15.0. The number of nitrogens with one attached hydrogen (secondary N) is 1. The van der Waals surface area contributed by atoms with Crippen molar-refractivity contribution in [3.05, 3.63) is 107 Å². The third kappa shape index (κ3) is 4.18. The molecule has 0 bridgehead atoms. The normalized spacial score (nSPS) is 11.4. The first-order valence-corrected chi connectivity index (χ1v) is 10.7. The number of aromatic amines is 1. The molecule has 1 N–H and O–H groups in total. The van der Waals surface area contributed by atoms with E-state index in [1.54, 1.807) is 47.3 Å². The van der Waals surface area contributed by atoms with E-state index in [1.165, 1.54) is 19.2 Å². The van der Waals surface area contributed by atoms with Gasteiger partial charge in [0.2, 0.25) is 0 Å². The van der Waals surface area contributed by atoms with E-state index in [0.717, 1.165) is 5.69 Å². The van der Waals surface area contributed by atoms with E-state index in [4.69, 9.17) is 4.74 Å². The number of rotatable bonds is 5. The second-order valence-corrected chi connectivity index (χ2v) is 7.66. The summed E-state index contributed by atoms with van der Waals surface area (Å²) in [6, 6.07) is 23.0. The van der Waals surface area contributed by atoms with Gasteiger partial charge in [-0.15, -0.1) is 0 Å². The van der Waals surface area contributed by atoms with Crippen LogP contribution in [0.25, 0.3) is 39.5 Å². The fraction of sp³-hybridized carbons (Fsp3) is 0.0370. The topological polar surface area (TPSA) is 96.6 Å². The lowest BCUT2D eigenvalue weighted by molar-refractivity contribution is 0.386. The lowest BCUT2D eigenvalue weighted by atomic mass is 10.1. The molecule has 0 fully saturated rings. The van der Waals surface area contributed by atoms with Crippen molar-refractivity contribution in [3.8, 4) is 28.8 Å². The molecule has 0 aliphatic rings. The molecule has 0 unspecified atom stereocenters. The maximum atomic E-state index is 14.5. The van der Waals surface area contributed by atoms with Crippen LogP contribution in [0.1, 0.15) is 11.4 Å². The first-order valence-electron chi connectivity index (χ1n) is 10.7. The van der Waals surface area contributed by atoms with Crippen molar-refractivity contribution in [1.29, 1.82) is 5.26 Å². The van der Waals surface area contributed by atoms with Crippen molar-refractivity contribution in [2.24, 2.45) is 0 Å². The molecule has 0 spiro atoms. The van der Waals surface area contributed by atoms with Gasteiger partial charge in [-0.25, -0.2) is 14.1 Å². The van der Waals surface area contributed by atoms with Gasteiger partial charge in [0, 0.05) is 17.3 Å². The Hall–Kier alpha value is -5.03. The molecule has 5 aromatic rings. The predicted molar refractivity (Wildman–Crippen MR) is 131 cm³/mol. The molecule has 0 saturated heterocycles. The van der Waals surface area contributed by atoms with Gasteiger partial charge in [-0.05, 0) is 48.5 Å². The molecule has 3 aromatic carbocycles. The summed E-state index contributed by atoms with van der Waals surface area (Å²) in [6.07, 6.45) is 3.32. The molecule has 0 amide bonds. The number of halogens is 1. The van der Waals surface area contributed by atoms with Crippen LogP contribution in [0, 0.1) is 17.1 Å². The third-order valence-corrected chi connectivity index (χ3v) is 5.48. The number of hydrogen-bond acceptors (Lipinski definition) is 5. The summed E-state index contributed by atoms with van der Waals surface area (Å²) in [5.74, 6) is -0.283. The van der Waals surface area contributed by atoms with Gasteiger partial charge in [-0.2, -0.15) is 10.4 Å². The van der Waals surface area contributed by atoms with Crippen molar-refractivity contribution in [2.45, 2.75) is 0 Å². The van der Waals surface area contributed by atoms with Crippen molar-refractivity contribution in [2.75, 3.05) is 7.11 Å². The molecule has 2 heterocycles. The average molecular weight is 463 g/mol. The van der Waals surface area contributed by atoms with Crippen LogP contribution in [0.3, 0.4) is 0 Å². The highest BCUT2D eigenvalue weighted by Gasteiger charge is 2.16. The van der Waals surface area contributed by atoms with Crippen molar-refractivity contribution in [3.63, 3.8) is 0 Å². The largest absolute Gasteiger partial charge is 0.494 e. The second-order valence-electron chi connectivity index (χ2n) is 7.66. The number of hydrogen-bond donors (Lipinski definition) is 1. The molecule has 0 saturated carbocycles. The lowest BCUT2D eigenvalue weighted by Crippen LogP contribution is -2.11. The number of aromatic nitrogens is 4. The lowest BCUT2D eigenvalue weighted by Gasteiger charge is -2.05. The first-order chi connectivity index (χ1) is 17.1. The molecule has 8 heteroatoms. The second kappa shape index (κ2) is 9.08. The quantitative estimate of drug-likeness (QED) is 0.371. The van der Waals surface area contributed by atoms with E-state index in [1.807, 2.05) is 30.3 Å². The van der Waals surface area contributed by atoms with Crippen LogP contribution in [0.2, 0.25) is 0 Å². The minimum atomic E-state index is -0.532. The Labute approximate surface area is 199 Å². The number of para-hydroxylation sites is 2. The van der Waals surface area contributed by atoms with Gasteiger partial charge in [-0.1, -0.05) is 30.3 Å². The number of fused-ring (bicyclic) bond motifs is 1. The SMILES string of the molecule is COc1ccc(-c2nn(-c3ccccc3)cc2/C=C(/C#N)c2nc3ccccc3c(=O)[nH]2)cc1F. The van der Waals surface area contributed by atoms with Crippen molar-refractivity contribution >= 4 is 22.6 Å². The van der Waals surface area contributed by atoms with Gasteiger partial charge >= 0.3 is 0 Å². The molecule has 2 aromatic heterocycles. The molecule has 170 valence electrons. The standard InChI is InChI=1S/C27H18FN5O2/c1-35-24-12-11-17(14-22(24)28)25-19(16-33(32-25)20-7-3-2-4-8-20)13-18(15-29)26-30-23-10-6-5-9-21(23)27(34)31-26/h2-14,16H,1H3,(H,30,31,34)/b18-13-. The van der Waals surface area contributed by atoms with Crippen LogP contribution in [0.5, 0.6) is 5.75 Å². The van der Waals surface area contributed by atoms with Crippen LogP contribution in [-0.4, -0.2) is 26.9 Å². The van der Waals surface area contributed by atoms with Crippen molar-refractivity contribution < 1.29 is 9.13 Å². The summed E-state index contributed by atoms with van der Waals surface area (Å²) in [5.41, 5.74) is 2.56. The van der Waals surface area contributed by atoms with Gasteiger partial charge in [0.1, 0.15) is 11.8 Å². The zero-order valence-corrected chi connectivity index (χ0v) is 18.6. The number of ether oxygens (including phenoxy) is 1. The Bertz CT molecular complexity index is 1680. The zero-order chi connectivity index (χ0) is 24.4. The van der Waals surface area contributed by atoms with Crippen LogP contribution in [0.4, 0.5) is 4.39 Å². The number of allylic oxidation sites excluding steroid dienone is 1. The molecule has 0 aliphatic heterocycles. The number of nitriles is 1. The first kappa shape index (κ1) is 21.8.